The Labute approximate surface area is 132 Å². The lowest BCUT2D eigenvalue weighted by atomic mass is 9.98. The largest absolute Gasteiger partial charge is 0.493 e. The third-order valence-electron chi connectivity index (χ3n) is 3.46. The van der Waals surface area contributed by atoms with Crippen LogP contribution < -0.4 is 10.1 Å². The van der Waals surface area contributed by atoms with E-state index in [1.54, 1.807) is 0 Å². The molecule has 0 aliphatic heterocycles. The van der Waals surface area contributed by atoms with Crippen LogP contribution in [0, 0.1) is 0 Å². The molecule has 2 aromatic carbocycles. The maximum Gasteiger partial charge on any atom is 0.124 e. The number of benzene rings is 2. The van der Waals surface area contributed by atoms with Crippen molar-refractivity contribution in [1.82, 2.24) is 5.32 Å². The average Bonchev–Trinajstić information content (AvgIpc) is 2.53. The Morgan fingerprint density at radius 1 is 1.10 bits per heavy atom. The summed E-state index contributed by atoms with van der Waals surface area (Å²) in [5.41, 5.74) is 2.45. The summed E-state index contributed by atoms with van der Waals surface area (Å²) < 4.78 is 5.86. The van der Waals surface area contributed by atoms with E-state index in [4.69, 9.17) is 16.3 Å². The molecule has 2 aromatic rings. The molecule has 0 bridgehead atoms. The molecule has 0 fully saturated rings. The van der Waals surface area contributed by atoms with Gasteiger partial charge < -0.3 is 10.1 Å². The summed E-state index contributed by atoms with van der Waals surface area (Å²) in [6.07, 6.45) is 1.91. The fraction of sp³-hybridized carbons (Fsp3) is 0.333. The molecule has 0 radical (unpaired) electrons. The van der Waals surface area contributed by atoms with Gasteiger partial charge in [0.2, 0.25) is 0 Å². The SMILES string of the molecule is CCCOc1ccccc1C(Cc1ccc(Cl)cc1)NC. The van der Waals surface area contributed by atoms with Crippen LogP contribution in [0.15, 0.2) is 48.5 Å². The average molecular weight is 304 g/mol. The van der Waals surface area contributed by atoms with E-state index in [9.17, 15) is 0 Å². The van der Waals surface area contributed by atoms with Crippen LogP contribution in [-0.2, 0) is 6.42 Å². The van der Waals surface area contributed by atoms with Gasteiger partial charge in [-0.3, -0.25) is 0 Å². The minimum absolute atomic E-state index is 0.222. The quantitative estimate of drug-likeness (QED) is 0.805. The van der Waals surface area contributed by atoms with Crippen molar-refractivity contribution < 1.29 is 4.74 Å². The van der Waals surface area contributed by atoms with E-state index in [2.05, 4.69) is 36.5 Å². The van der Waals surface area contributed by atoms with Crippen molar-refractivity contribution in [2.24, 2.45) is 0 Å². The van der Waals surface area contributed by atoms with E-state index in [0.717, 1.165) is 30.2 Å². The van der Waals surface area contributed by atoms with Crippen molar-refractivity contribution in [2.75, 3.05) is 13.7 Å². The molecule has 2 rings (SSSR count). The highest BCUT2D eigenvalue weighted by atomic mass is 35.5. The number of para-hydroxylation sites is 1. The molecule has 0 heterocycles. The molecule has 0 saturated heterocycles. The molecule has 1 N–H and O–H groups in total. The molecule has 0 amide bonds. The maximum absolute atomic E-state index is 5.95. The number of nitrogens with one attached hydrogen (secondary N) is 1. The van der Waals surface area contributed by atoms with E-state index in [-0.39, 0.29) is 6.04 Å². The molecule has 0 aliphatic carbocycles. The highest BCUT2D eigenvalue weighted by molar-refractivity contribution is 6.30. The molecule has 1 atom stereocenters. The normalized spacial score (nSPS) is 12.1. The first-order valence-corrected chi connectivity index (χ1v) is 7.75. The third-order valence-corrected chi connectivity index (χ3v) is 3.71. The topological polar surface area (TPSA) is 21.3 Å². The number of hydrogen-bond acceptors (Lipinski definition) is 2. The zero-order valence-corrected chi connectivity index (χ0v) is 13.4. The van der Waals surface area contributed by atoms with Gasteiger partial charge in [-0.05, 0) is 43.7 Å². The van der Waals surface area contributed by atoms with Crippen LogP contribution in [-0.4, -0.2) is 13.7 Å². The maximum atomic E-state index is 5.95. The predicted octanol–water partition coefficient (Wildman–Crippen LogP) is 4.63. The van der Waals surface area contributed by atoms with Crippen LogP contribution in [0.4, 0.5) is 0 Å². The van der Waals surface area contributed by atoms with Crippen molar-refractivity contribution in [3.05, 3.63) is 64.7 Å². The van der Waals surface area contributed by atoms with E-state index in [1.165, 1.54) is 11.1 Å². The number of likely N-dealkylation sites (N-methyl/N-ethyl adjacent to an activating group) is 1. The summed E-state index contributed by atoms with van der Waals surface area (Å²) in [7, 11) is 1.98. The van der Waals surface area contributed by atoms with Gasteiger partial charge in [0.1, 0.15) is 5.75 Å². The van der Waals surface area contributed by atoms with Crippen molar-refractivity contribution in [2.45, 2.75) is 25.8 Å². The standard InChI is InChI=1S/C18H22ClNO/c1-3-12-21-18-7-5-4-6-16(18)17(20-2)13-14-8-10-15(19)11-9-14/h4-11,17,20H,3,12-13H2,1-2H3. The van der Waals surface area contributed by atoms with Crippen molar-refractivity contribution in [3.63, 3.8) is 0 Å². The number of halogens is 1. The van der Waals surface area contributed by atoms with E-state index < -0.39 is 0 Å². The van der Waals surface area contributed by atoms with Crippen LogP contribution in [0.5, 0.6) is 5.75 Å². The summed E-state index contributed by atoms with van der Waals surface area (Å²) in [5, 5.41) is 4.16. The first-order valence-electron chi connectivity index (χ1n) is 7.38. The number of rotatable bonds is 7. The molecule has 21 heavy (non-hydrogen) atoms. The Hall–Kier alpha value is -1.51. The van der Waals surface area contributed by atoms with Crippen LogP contribution in [0.1, 0.15) is 30.5 Å². The second-order valence-corrected chi connectivity index (χ2v) is 5.49. The van der Waals surface area contributed by atoms with Crippen LogP contribution in [0.2, 0.25) is 5.02 Å². The molecule has 112 valence electrons. The fourth-order valence-corrected chi connectivity index (χ4v) is 2.46. The van der Waals surface area contributed by atoms with Gasteiger partial charge in [-0.15, -0.1) is 0 Å². The molecular weight excluding hydrogens is 282 g/mol. The van der Waals surface area contributed by atoms with Gasteiger partial charge in [0, 0.05) is 16.6 Å². The molecule has 2 nitrogen and oxygen atoms in total. The first kappa shape index (κ1) is 15.9. The van der Waals surface area contributed by atoms with Gasteiger partial charge in [-0.25, -0.2) is 0 Å². The van der Waals surface area contributed by atoms with Gasteiger partial charge in [0.05, 0.1) is 6.61 Å². The van der Waals surface area contributed by atoms with Crippen molar-refractivity contribution in [3.8, 4) is 5.75 Å². The summed E-state index contributed by atoms with van der Waals surface area (Å²) in [6.45, 7) is 2.86. The lowest BCUT2D eigenvalue weighted by Crippen LogP contribution is -2.19. The second-order valence-electron chi connectivity index (χ2n) is 5.06. The van der Waals surface area contributed by atoms with Gasteiger partial charge in [0.15, 0.2) is 0 Å². The van der Waals surface area contributed by atoms with Gasteiger partial charge in [-0.1, -0.05) is 48.9 Å². The van der Waals surface area contributed by atoms with Gasteiger partial charge >= 0.3 is 0 Å². The Balaban J connectivity index is 2.18. The molecular formula is C18H22ClNO. The van der Waals surface area contributed by atoms with Gasteiger partial charge in [0.25, 0.3) is 0 Å². The third kappa shape index (κ3) is 4.48. The highest BCUT2D eigenvalue weighted by Crippen LogP contribution is 2.28. The molecule has 0 aromatic heterocycles. The molecule has 1 unspecified atom stereocenters. The van der Waals surface area contributed by atoms with Crippen molar-refractivity contribution in [1.29, 1.82) is 0 Å². The fourth-order valence-electron chi connectivity index (χ4n) is 2.34. The van der Waals surface area contributed by atoms with Crippen LogP contribution in [0.3, 0.4) is 0 Å². The minimum Gasteiger partial charge on any atom is -0.493 e. The monoisotopic (exact) mass is 303 g/mol. The van der Waals surface area contributed by atoms with E-state index in [1.807, 2.05) is 31.3 Å². The number of hydrogen-bond donors (Lipinski definition) is 1. The van der Waals surface area contributed by atoms with E-state index in [0.29, 0.717) is 0 Å². The summed E-state index contributed by atoms with van der Waals surface area (Å²) >= 11 is 5.95. The summed E-state index contributed by atoms with van der Waals surface area (Å²) in [5.74, 6) is 0.965. The molecule has 0 saturated carbocycles. The predicted molar refractivity (Wildman–Crippen MR) is 89.2 cm³/mol. The Kier molecular flexibility index (Phi) is 6.09. The zero-order valence-electron chi connectivity index (χ0n) is 12.6. The molecule has 0 aliphatic rings. The Morgan fingerprint density at radius 2 is 1.81 bits per heavy atom. The van der Waals surface area contributed by atoms with Crippen molar-refractivity contribution >= 4 is 11.6 Å². The van der Waals surface area contributed by atoms with Crippen LogP contribution >= 0.6 is 11.6 Å². The highest BCUT2D eigenvalue weighted by Gasteiger charge is 2.14. The lowest BCUT2D eigenvalue weighted by Gasteiger charge is -2.20. The Morgan fingerprint density at radius 3 is 2.48 bits per heavy atom. The smallest absolute Gasteiger partial charge is 0.124 e. The number of ether oxygens (including phenoxy) is 1. The Bertz CT molecular complexity index is 553. The lowest BCUT2D eigenvalue weighted by molar-refractivity contribution is 0.310. The summed E-state index contributed by atoms with van der Waals surface area (Å²) in [4.78, 5) is 0. The van der Waals surface area contributed by atoms with Crippen LogP contribution in [0.25, 0.3) is 0 Å². The first-order chi connectivity index (χ1) is 10.2. The van der Waals surface area contributed by atoms with Gasteiger partial charge in [-0.2, -0.15) is 0 Å². The minimum atomic E-state index is 0.222. The molecule has 3 heteroatoms. The summed E-state index contributed by atoms with van der Waals surface area (Å²) in [6, 6.07) is 16.5. The zero-order chi connectivity index (χ0) is 15.1. The second kappa shape index (κ2) is 8.06. The molecule has 0 spiro atoms. The van der Waals surface area contributed by atoms with E-state index >= 15 is 0 Å².